The molecule has 0 bridgehead atoms. The Morgan fingerprint density at radius 2 is 1.96 bits per heavy atom. The quantitative estimate of drug-likeness (QED) is 0.745. The minimum Gasteiger partial charge on any atom is -0.497 e. The highest BCUT2D eigenvalue weighted by Crippen LogP contribution is 2.45. The number of benzene rings is 1. The minimum absolute atomic E-state index is 0.00213. The van der Waals surface area contributed by atoms with Crippen LogP contribution in [0.25, 0.3) is 0 Å². The van der Waals surface area contributed by atoms with Crippen molar-refractivity contribution in [2.45, 2.75) is 36.9 Å². The van der Waals surface area contributed by atoms with Crippen molar-refractivity contribution in [3.05, 3.63) is 29.8 Å². The maximum absolute atomic E-state index is 12.9. The van der Waals surface area contributed by atoms with Crippen molar-refractivity contribution in [2.24, 2.45) is 5.92 Å². The molecule has 0 saturated carbocycles. The Morgan fingerprint density at radius 3 is 2.68 bits per heavy atom. The second kappa shape index (κ2) is 7.67. The van der Waals surface area contributed by atoms with E-state index in [4.69, 9.17) is 4.74 Å². The van der Waals surface area contributed by atoms with E-state index in [0.717, 1.165) is 37.4 Å². The largest absolute Gasteiger partial charge is 0.497 e. The molecule has 4 rings (SSSR count). The van der Waals surface area contributed by atoms with E-state index in [1.54, 1.807) is 12.0 Å². The van der Waals surface area contributed by atoms with Crippen LogP contribution in [0, 0.1) is 5.92 Å². The number of carbonyl (C=O) groups is 1. The number of hydrogen-bond donors (Lipinski definition) is 0. The van der Waals surface area contributed by atoms with Gasteiger partial charge >= 0.3 is 0 Å². The van der Waals surface area contributed by atoms with Crippen LogP contribution in [0.4, 0.5) is 0 Å². The number of rotatable bonds is 5. The molecule has 1 spiro atoms. The number of sulfone groups is 1. The van der Waals surface area contributed by atoms with Crippen molar-refractivity contribution in [1.29, 1.82) is 0 Å². The van der Waals surface area contributed by atoms with Crippen LogP contribution in [-0.2, 0) is 21.1 Å². The predicted molar refractivity (Wildman–Crippen MR) is 108 cm³/mol. The number of methoxy groups -OCH3 is 1. The molecule has 1 aromatic carbocycles. The lowest BCUT2D eigenvalue weighted by atomic mass is 9.82. The third-order valence-corrected chi connectivity index (χ3v) is 9.39. The van der Waals surface area contributed by atoms with E-state index in [9.17, 15) is 13.2 Å². The summed E-state index contributed by atoms with van der Waals surface area (Å²) in [6.45, 7) is 3.72. The summed E-state index contributed by atoms with van der Waals surface area (Å²) in [5.41, 5.74) is 0.893. The zero-order valence-corrected chi connectivity index (χ0v) is 17.4. The van der Waals surface area contributed by atoms with E-state index in [0.29, 0.717) is 13.1 Å². The Labute approximate surface area is 167 Å². The first-order chi connectivity index (χ1) is 13.4. The summed E-state index contributed by atoms with van der Waals surface area (Å²) < 4.78 is 30.2. The molecule has 1 amide bonds. The minimum atomic E-state index is -3.14. The van der Waals surface area contributed by atoms with E-state index in [1.165, 1.54) is 19.3 Å². The van der Waals surface area contributed by atoms with Gasteiger partial charge in [-0.05, 0) is 56.0 Å². The van der Waals surface area contributed by atoms with Crippen molar-refractivity contribution >= 4 is 15.7 Å². The lowest BCUT2D eigenvalue weighted by Gasteiger charge is -2.51. The SMILES string of the molecule is COc1cccc(CC(=O)N2CC3(C2)C(CN2CCCCC2)CCS3(=O)=O)c1. The molecule has 3 fully saturated rings. The Morgan fingerprint density at radius 1 is 1.21 bits per heavy atom. The second-order valence-electron chi connectivity index (χ2n) is 8.51. The first-order valence-corrected chi connectivity index (χ1v) is 11.9. The molecule has 28 heavy (non-hydrogen) atoms. The maximum Gasteiger partial charge on any atom is 0.227 e. The molecule has 3 aliphatic rings. The van der Waals surface area contributed by atoms with Crippen LogP contribution >= 0.6 is 0 Å². The van der Waals surface area contributed by atoms with Crippen LogP contribution in [0.15, 0.2) is 24.3 Å². The average molecular weight is 407 g/mol. The Balaban J connectivity index is 1.41. The summed E-state index contributed by atoms with van der Waals surface area (Å²) in [6, 6.07) is 7.48. The molecule has 3 heterocycles. The number of amides is 1. The van der Waals surface area contributed by atoms with Crippen LogP contribution in [0.5, 0.6) is 5.75 Å². The fourth-order valence-electron chi connectivity index (χ4n) is 5.03. The van der Waals surface area contributed by atoms with Crippen LogP contribution in [-0.4, -0.2) is 74.5 Å². The summed E-state index contributed by atoms with van der Waals surface area (Å²) in [4.78, 5) is 16.9. The highest BCUT2D eigenvalue weighted by Gasteiger charge is 2.62. The van der Waals surface area contributed by atoms with Gasteiger partial charge in [0.05, 0.1) is 19.3 Å². The smallest absolute Gasteiger partial charge is 0.227 e. The van der Waals surface area contributed by atoms with Crippen LogP contribution in [0.2, 0.25) is 0 Å². The molecule has 0 aromatic heterocycles. The summed E-state index contributed by atoms with van der Waals surface area (Å²) in [5, 5.41) is 0. The molecule has 1 unspecified atom stereocenters. The zero-order chi connectivity index (χ0) is 19.8. The Hall–Kier alpha value is -1.60. The van der Waals surface area contributed by atoms with Crippen molar-refractivity contribution in [1.82, 2.24) is 9.80 Å². The molecule has 0 radical (unpaired) electrons. The highest BCUT2D eigenvalue weighted by molar-refractivity contribution is 7.93. The predicted octanol–water partition coefficient (Wildman–Crippen LogP) is 1.74. The number of nitrogens with zero attached hydrogens (tertiary/aromatic N) is 2. The summed E-state index contributed by atoms with van der Waals surface area (Å²) in [7, 11) is -1.54. The summed E-state index contributed by atoms with van der Waals surface area (Å²) in [5.74, 6) is 1.14. The van der Waals surface area contributed by atoms with Crippen molar-refractivity contribution in [3.8, 4) is 5.75 Å². The van der Waals surface area contributed by atoms with Crippen molar-refractivity contribution < 1.29 is 17.9 Å². The molecule has 154 valence electrons. The van der Waals surface area contributed by atoms with E-state index >= 15 is 0 Å². The third-order valence-electron chi connectivity index (χ3n) is 6.78. The molecule has 0 aliphatic carbocycles. The zero-order valence-electron chi connectivity index (χ0n) is 16.6. The highest BCUT2D eigenvalue weighted by atomic mass is 32.2. The van der Waals surface area contributed by atoms with Gasteiger partial charge in [-0.25, -0.2) is 8.42 Å². The second-order valence-corrected chi connectivity index (χ2v) is 11.0. The monoisotopic (exact) mass is 406 g/mol. The number of likely N-dealkylation sites (tertiary alicyclic amines) is 2. The van der Waals surface area contributed by atoms with Gasteiger partial charge < -0.3 is 14.5 Å². The number of carbonyl (C=O) groups excluding carboxylic acids is 1. The summed E-state index contributed by atoms with van der Waals surface area (Å²) >= 11 is 0. The molecule has 7 heteroatoms. The average Bonchev–Trinajstić information content (AvgIpc) is 2.92. The Bertz CT molecular complexity index is 827. The summed E-state index contributed by atoms with van der Waals surface area (Å²) in [6.07, 6.45) is 4.70. The van der Waals surface area contributed by atoms with Gasteiger partial charge in [0.15, 0.2) is 9.84 Å². The number of hydrogen-bond acceptors (Lipinski definition) is 5. The lowest BCUT2D eigenvalue weighted by molar-refractivity contribution is -0.136. The third kappa shape index (κ3) is 3.54. The van der Waals surface area contributed by atoms with E-state index < -0.39 is 14.6 Å². The van der Waals surface area contributed by atoms with Gasteiger partial charge in [0, 0.05) is 19.6 Å². The molecule has 1 atom stereocenters. The van der Waals surface area contributed by atoms with Gasteiger partial charge in [-0.15, -0.1) is 0 Å². The van der Waals surface area contributed by atoms with Gasteiger partial charge in [0.25, 0.3) is 0 Å². The topological polar surface area (TPSA) is 66.9 Å². The fraction of sp³-hybridized carbons (Fsp3) is 0.667. The normalized spacial score (nSPS) is 26.2. The van der Waals surface area contributed by atoms with Gasteiger partial charge in [-0.2, -0.15) is 0 Å². The van der Waals surface area contributed by atoms with E-state index in [1.807, 2.05) is 24.3 Å². The molecule has 3 aliphatic heterocycles. The molecule has 3 saturated heterocycles. The van der Waals surface area contributed by atoms with Gasteiger partial charge in [-0.1, -0.05) is 18.6 Å². The molecular weight excluding hydrogens is 376 g/mol. The first-order valence-electron chi connectivity index (χ1n) is 10.3. The van der Waals surface area contributed by atoms with Gasteiger partial charge in [-0.3, -0.25) is 4.79 Å². The van der Waals surface area contributed by atoms with E-state index in [-0.39, 0.29) is 24.0 Å². The maximum atomic E-state index is 12.9. The molecular formula is C21H30N2O4S. The fourth-order valence-corrected chi connectivity index (χ4v) is 7.44. The van der Waals surface area contributed by atoms with Crippen molar-refractivity contribution in [2.75, 3.05) is 45.6 Å². The van der Waals surface area contributed by atoms with Crippen LogP contribution < -0.4 is 4.74 Å². The van der Waals surface area contributed by atoms with E-state index in [2.05, 4.69) is 4.90 Å². The van der Waals surface area contributed by atoms with Gasteiger partial charge in [0.2, 0.25) is 5.91 Å². The molecule has 1 aromatic rings. The number of piperidine rings is 1. The Kier molecular flexibility index (Phi) is 5.40. The molecule has 6 nitrogen and oxygen atoms in total. The standard InChI is InChI=1S/C21H30N2O4S/c1-27-19-7-5-6-17(12-19)13-20(24)23-15-21(16-23)18(8-11-28(21,25)26)14-22-9-3-2-4-10-22/h5-7,12,18H,2-4,8-11,13-16H2,1H3. The van der Waals surface area contributed by atoms with Gasteiger partial charge in [0.1, 0.15) is 10.5 Å². The molecule has 0 N–H and O–H groups in total. The van der Waals surface area contributed by atoms with Crippen LogP contribution in [0.3, 0.4) is 0 Å². The van der Waals surface area contributed by atoms with Crippen molar-refractivity contribution in [3.63, 3.8) is 0 Å². The first kappa shape index (κ1) is 19.7. The number of ether oxygens (including phenoxy) is 1. The van der Waals surface area contributed by atoms with Crippen LogP contribution in [0.1, 0.15) is 31.2 Å². The lowest BCUT2D eigenvalue weighted by Crippen LogP contribution is -2.69.